The molecule has 46 heavy (non-hydrogen) atoms. The molecule has 0 amide bonds. The molecule has 4 unspecified atom stereocenters. The van der Waals surface area contributed by atoms with Crippen LogP contribution in [0.5, 0.6) is 0 Å². The molecule has 4 bridgehead atoms. The molecule has 2 aromatic heterocycles. The molecular formula is C40H34BN3O2. The maximum Gasteiger partial charge on any atom is 0.361 e. The monoisotopic (exact) mass is 599 g/mol. The fourth-order valence-corrected chi connectivity index (χ4v) is 11.4. The topological polar surface area (TPSA) is 43.3 Å². The van der Waals surface area contributed by atoms with Gasteiger partial charge in [-0.3, -0.25) is 14.1 Å². The lowest BCUT2D eigenvalue weighted by atomic mass is 9.47. The first-order chi connectivity index (χ1) is 22.5. The zero-order chi connectivity index (χ0) is 30.2. The van der Waals surface area contributed by atoms with Gasteiger partial charge in [0.2, 0.25) is 0 Å². The summed E-state index contributed by atoms with van der Waals surface area (Å²) in [6.07, 6.45) is 7.46. The summed E-state index contributed by atoms with van der Waals surface area (Å²) in [5.41, 5.74) is 14.1. The SMILES string of the molecule is CC1(C)c2ccccc2N2c3cccc4c3B(c3c2c1cc1c3oc2ccccc21)n1c(=O)c2c(n1-4)C1CCC3CC(CC2C3)C1. The van der Waals surface area contributed by atoms with E-state index in [0.717, 1.165) is 44.8 Å². The zero-order valence-corrected chi connectivity index (χ0v) is 26.2. The number of aromatic nitrogens is 2. The summed E-state index contributed by atoms with van der Waals surface area (Å²) in [4.78, 5) is 17.7. The highest BCUT2D eigenvalue weighted by Gasteiger charge is 2.54. The predicted molar refractivity (Wildman–Crippen MR) is 185 cm³/mol. The van der Waals surface area contributed by atoms with Crippen molar-refractivity contribution >= 4 is 56.8 Å². The molecule has 5 heterocycles. The molecule has 4 atom stereocenters. The first-order valence-electron chi connectivity index (χ1n) is 17.4. The van der Waals surface area contributed by atoms with Crippen molar-refractivity contribution in [3.63, 3.8) is 0 Å². The molecule has 5 nitrogen and oxygen atoms in total. The number of benzene rings is 4. The van der Waals surface area contributed by atoms with Crippen LogP contribution >= 0.6 is 0 Å². The van der Waals surface area contributed by atoms with Gasteiger partial charge in [-0.15, -0.1) is 0 Å². The third-order valence-corrected chi connectivity index (χ3v) is 13.1. The Morgan fingerprint density at radius 1 is 0.761 bits per heavy atom. The summed E-state index contributed by atoms with van der Waals surface area (Å²) in [6.45, 7) is 4.48. The molecule has 12 rings (SSSR count). The van der Waals surface area contributed by atoms with Crippen LogP contribution < -0.4 is 21.4 Å². The Kier molecular flexibility index (Phi) is 4.26. The first kappa shape index (κ1) is 24.7. The van der Waals surface area contributed by atoms with E-state index in [1.807, 2.05) is 0 Å². The standard InChI is InChI=1S/C40H34BN3O2/c1-40(2)27-9-4-5-10-29(27)42-30-11-7-12-31-34(30)41(35-37(42)28(40)20-26-25-8-3-6-13-32(25)46-38(26)35)44-39(45)33-24-17-21-14-15-23(36(33)43(31)44)18-22(16-21)19-24/h3-13,20-24H,14-19H2,1-2H3. The van der Waals surface area contributed by atoms with Gasteiger partial charge in [0.25, 0.3) is 5.56 Å². The molecule has 3 aliphatic carbocycles. The van der Waals surface area contributed by atoms with E-state index in [-0.39, 0.29) is 17.8 Å². The quantitative estimate of drug-likeness (QED) is 0.168. The Labute approximate surface area is 267 Å². The van der Waals surface area contributed by atoms with Gasteiger partial charge in [-0.25, -0.2) is 0 Å². The van der Waals surface area contributed by atoms with E-state index >= 15 is 4.79 Å². The largest absolute Gasteiger partial charge is 0.456 e. The lowest BCUT2D eigenvalue weighted by molar-refractivity contribution is 0.244. The molecule has 0 spiro atoms. The van der Waals surface area contributed by atoms with Crippen LogP contribution in [0.25, 0.3) is 27.6 Å². The second-order valence-electron chi connectivity index (χ2n) is 15.7. The van der Waals surface area contributed by atoms with Crippen LogP contribution in [0.2, 0.25) is 0 Å². The zero-order valence-electron chi connectivity index (χ0n) is 26.2. The van der Waals surface area contributed by atoms with Crippen molar-refractivity contribution < 1.29 is 4.42 Å². The van der Waals surface area contributed by atoms with Crippen LogP contribution in [-0.2, 0) is 5.41 Å². The highest BCUT2D eigenvalue weighted by atomic mass is 16.3. The van der Waals surface area contributed by atoms with E-state index in [0.29, 0.717) is 11.8 Å². The molecule has 4 aromatic carbocycles. The normalized spacial score (nSPS) is 25.3. The third-order valence-electron chi connectivity index (χ3n) is 13.1. The summed E-state index contributed by atoms with van der Waals surface area (Å²) in [5.74, 6) is 2.37. The molecule has 0 saturated heterocycles. The Bertz CT molecular complexity index is 2440. The lowest BCUT2D eigenvalue weighted by Gasteiger charge is -2.46. The highest BCUT2D eigenvalue weighted by Crippen LogP contribution is 2.57. The van der Waals surface area contributed by atoms with Crippen LogP contribution in [0.4, 0.5) is 17.1 Å². The van der Waals surface area contributed by atoms with Gasteiger partial charge in [-0.1, -0.05) is 56.3 Å². The van der Waals surface area contributed by atoms with E-state index in [9.17, 15) is 0 Å². The summed E-state index contributed by atoms with van der Waals surface area (Å²) in [7, 11) is 0. The minimum atomic E-state index is -0.239. The predicted octanol–water partition coefficient (Wildman–Crippen LogP) is 7.71. The molecule has 6 heteroatoms. The smallest absolute Gasteiger partial charge is 0.361 e. The van der Waals surface area contributed by atoms with E-state index in [2.05, 4.69) is 101 Å². The van der Waals surface area contributed by atoms with Crippen molar-refractivity contribution in [2.75, 3.05) is 4.90 Å². The Morgan fingerprint density at radius 2 is 1.54 bits per heavy atom. The van der Waals surface area contributed by atoms with Crippen molar-refractivity contribution in [3.05, 3.63) is 106 Å². The summed E-state index contributed by atoms with van der Waals surface area (Å²) in [5, 5.41) is 2.28. The molecular weight excluding hydrogens is 565 g/mol. The molecule has 0 radical (unpaired) electrons. The molecule has 6 aliphatic rings. The van der Waals surface area contributed by atoms with Crippen LogP contribution in [0, 0.1) is 11.8 Å². The van der Waals surface area contributed by atoms with Crippen molar-refractivity contribution in [2.24, 2.45) is 11.8 Å². The number of furan rings is 1. The van der Waals surface area contributed by atoms with Gasteiger partial charge in [0.1, 0.15) is 11.2 Å². The fourth-order valence-electron chi connectivity index (χ4n) is 11.4. The van der Waals surface area contributed by atoms with Gasteiger partial charge in [0, 0.05) is 44.3 Å². The Morgan fingerprint density at radius 3 is 2.48 bits per heavy atom. The van der Waals surface area contributed by atoms with Gasteiger partial charge in [-0.2, -0.15) is 0 Å². The number of fused-ring (bicyclic) bond motifs is 18. The molecule has 3 aliphatic heterocycles. The van der Waals surface area contributed by atoms with Gasteiger partial charge >= 0.3 is 6.85 Å². The maximum absolute atomic E-state index is 15.2. The van der Waals surface area contributed by atoms with Crippen molar-refractivity contribution in [1.29, 1.82) is 0 Å². The number of anilines is 3. The third kappa shape index (κ3) is 2.66. The van der Waals surface area contributed by atoms with Crippen molar-refractivity contribution in [2.45, 2.75) is 69.6 Å². The van der Waals surface area contributed by atoms with Gasteiger partial charge in [-0.05, 0) is 97.7 Å². The van der Waals surface area contributed by atoms with E-state index in [1.54, 1.807) is 0 Å². The minimum Gasteiger partial charge on any atom is -0.456 e. The average molecular weight is 600 g/mol. The van der Waals surface area contributed by atoms with Gasteiger partial charge in [0.15, 0.2) is 0 Å². The van der Waals surface area contributed by atoms with Crippen LogP contribution in [0.1, 0.15) is 86.6 Å². The maximum atomic E-state index is 15.2. The summed E-state index contributed by atoms with van der Waals surface area (Å²) < 4.78 is 11.5. The number of rotatable bonds is 0. The number of nitrogens with zero attached hydrogens (tertiary/aromatic N) is 3. The van der Waals surface area contributed by atoms with Crippen LogP contribution in [-0.4, -0.2) is 16.1 Å². The average Bonchev–Trinajstić information content (AvgIpc) is 3.64. The molecule has 2 saturated carbocycles. The van der Waals surface area contributed by atoms with Gasteiger partial charge in [0.05, 0.1) is 22.8 Å². The number of hydrogen-bond donors (Lipinski definition) is 0. The lowest BCUT2D eigenvalue weighted by Crippen LogP contribution is -2.57. The van der Waals surface area contributed by atoms with Crippen LogP contribution in [0.15, 0.2) is 82.0 Å². The molecule has 0 N–H and O–H groups in total. The number of para-hydroxylation sites is 2. The Balaban J connectivity index is 1.27. The molecule has 224 valence electrons. The van der Waals surface area contributed by atoms with Gasteiger partial charge < -0.3 is 9.32 Å². The first-order valence-corrected chi connectivity index (χ1v) is 17.4. The van der Waals surface area contributed by atoms with Crippen molar-refractivity contribution in [1.82, 2.24) is 9.27 Å². The minimum absolute atomic E-state index is 0.238. The highest BCUT2D eigenvalue weighted by molar-refractivity contribution is 6.90. The van der Waals surface area contributed by atoms with E-state index < -0.39 is 0 Å². The summed E-state index contributed by atoms with van der Waals surface area (Å²) >= 11 is 0. The molecule has 6 aromatic rings. The van der Waals surface area contributed by atoms with Crippen molar-refractivity contribution in [3.8, 4) is 5.69 Å². The Hall–Kier alpha value is -4.45. The molecule has 2 fully saturated rings. The van der Waals surface area contributed by atoms with E-state index in [4.69, 9.17) is 4.42 Å². The fraction of sp³-hybridized carbons (Fsp3) is 0.325. The second kappa shape index (κ2) is 7.91. The van der Waals surface area contributed by atoms with E-state index in [1.165, 1.54) is 83.6 Å². The summed E-state index contributed by atoms with van der Waals surface area (Å²) in [6, 6.07) is 26.5. The number of hydrogen-bond acceptors (Lipinski definition) is 3. The second-order valence-corrected chi connectivity index (χ2v) is 15.7. The van der Waals surface area contributed by atoms with Crippen LogP contribution in [0.3, 0.4) is 0 Å².